The normalized spacial score (nSPS) is 12.5. The van der Waals surface area contributed by atoms with Gasteiger partial charge in [-0.2, -0.15) is 20.5 Å². The summed E-state index contributed by atoms with van der Waals surface area (Å²) < 4.78 is 0. The zero-order valence-corrected chi connectivity index (χ0v) is 14.8. The molecule has 28 heavy (non-hydrogen) atoms. The number of nitro benzene ring substituents is 1. The highest BCUT2D eigenvalue weighted by Crippen LogP contribution is 2.27. The van der Waals surface area contributed by atoms with Crippen LogP contribution in [0.15, 0.2) is 99.3 Å². The van der Waals surface area contributed by atoms with Gasteiger partial charge in [0.25, 0.3) is 5.69 Å². The molecule has 0 bridgehead atoms. The van der Waals surface area contributed by atoms with E-state index in [0.717, 1.165) is 5.56 Å². The topological polar surface area (TPSA) is 113 Å². The van der Waals surface area contributed by atoms with E-state index in [1.54, 1.807) is 12.1 Å². The lowest BCUT2D eigenvalue weighted by atomic mass is 10.2. The second-order valence-corrected chi connectivity index (χ2v) is 5.78. The van der Waals surface area contributed by atoms with Crippen LogP contribution in [0.1, 0.15) is 17.3 Å². The van der Waals surface area contributed by atoms with E-state index in [1.807, 2.05) is 42.5 Å². The van der Waals surface area contributed by atoms with Crippen molar-refractivity contribution in [3.05, 3.63) is 100 Å². The lowest BCUT2D eigenvalue weighted by Crippen LogP contribution is -1.90. The van der Waals surface area contributed by atoms with Crippen LogP contribution < -0.4 is 0 Å². The highest BCUT2D eigenvalue weighted by atomic mass is 16.6. The van der Waals surface area contributed by atoms with E-state index in [-0.39, 0.29) is 12.3 Å². The van der Waals surface area contributed by atoms with E-state index in [0.29, 0.717) is 16.9 Å². The molecule has 0 saturated carbocycles. The maximum Gasteiger partial charge on any atom is 0.269 e. The lowest BCUT2D eigenvalue weighted by Gasteiger charge is -2.06. The summed E-state index contributed by atoms with van der Waals surface area (Å²) >= 11 is 0. The third kappa shape index (κ3) is 4.89. The van der Waals surface area contributed by atoms with E-state index in [1.165, 1.54) is 24.3 Å². The molecule has 0 aliphatic rings. The van der Waals surface area contributed by atoms with Crippen molar-refractivity contribution in [2.24, 2.45) is 20.5 Å². The van der Waals surface area contributed by atoms with Gasteiger partial charge in [0.05, 0.1) is 22.9 Å². The number of hydrogen-bond donors (Lipinski definition) is 1. The summed E-state index contributed by atoms with van der Waals surface area (Å²) in [6, 6.07) is 22.2. The number of hydrogen-bond acceptors (Lipinski definition) is 7. The van der Waals surface area contributed by atoms with Gasteiger partial charge >= 0.3 is 0 Å². The van der Waals surface area contributed by atoms with Crippen LogP contribution >= 0.6 is 0 Å². The predicted molar refractivity (Wildman–Crippen MR) is 104 cm³/mol. The summed E-state index contributed by atoms with van der Waals surface area (Å²) in [5.74, 6) is 0. The van der Waals surface area contributed by atoms with Gasteiger partial charge in [0.15, 0.2) is 0 Å². The van der Waals surface area contributed by atoms with Crippen LogP contribution in [-0.2, 0) is 6.61 Å². The molecule has 3 rings (SSSR count). The number of aliphatic hydroxyl groups excluding tert-OH is 1. The predicted octanol–water partition coefficient (Wildman–Crippen LogP) is 5.65. The molecule has 0 amide bonds. The van der Waals surface area contributed by atoms with Gasteiger partial charge in [-0.15, -0.1) is 0 Å². The molecule has 3 aromatic rings. The van der Waals surface area contributed by atoms with E-state index in [9.17, 15) is 15.2 Å². The zero-order valence-electron chi connectivity index (χ0n) is 14.8. The van der Waals surface area contributed by atoms with Crippen LogP contribution in [0.5, 0.6) is 0 Å². The smallest absolute Gasteiger partial charge is 0.269 e. The Kier molecular flexibility index (Phi) is 6.27. The monoisotopic (exact) mass is 375 g/mol. The Hall–Kier alpha value is -3.78. The minimum atomic E-state index is -0.692. The molecule has 0 spiro atoms. The second kappa shape index (κ2) is 9.24. The molecular weight excluding hydrogens is 358 g/mol. The highest BCUT2D eigenvalue weighted by molar-refractivity contribution is 5.45. The molecule has 0 fully saturated rings. The number of nitrogens with zero attached hydrogens (tertiary/aromatic N) is 5. The van der Waals surface area contributed by atoms with E-state index >= 15 is 0 Å². The second-order valence-electron chi connectivity index (χ2n) is 5.78. The Morgan fingerprint density at radius 2 is 1.50 bits per heavy atom. The van der Waals surface area contributed by atoms with Crippen LogP contribution in [0, 0.1) is 10.1 Å². The fraction of sp³-hybridized carbons (Fsp3) is 0.100. The van der Waals surface area contributed by atoms with Gasteiger partial charge in [0, 0.05) is 23.3 Å². The summed E-state index contributed by atoms with van der Waals surface area (Å²) in [7, 11) is 0. The minimum Gasteiger partial charge on any atom is -0.392 e. The van der Waals surface area contributed by atoms with Gasteiger partial charge in [-0.1, -0.05) is 48.5 Å². The van der Waals surface area contributed by atoms with Gasteiger partial charge in [-0.3, -0.25) is 10.1 Å². The maximum absolute atomic E-state index is 10.7. The van der Waals surface area contributed by atoms with Crippen LogP contribution in [0.25, 0.3) is 0 Å². The molecule has 1 atom stereocenters. The summed E-state index contributed by atoms with van der Waals surface area (Å²) in [4.78, 5) is 10.3. The molecule has 0 saturated heterocycles. The maximum atomic E-state index is 10.7. The molecule has 1 N–H and O–H groups in total. The highest BCUT2D eigenvalue weighted by Gasteiger charge is 2.10. The van der Waals surface area contributed by atoms with Crippen LogP contribution in [0.4, 0.5) is 17.1 Å². The van der Waals surface area contributed by atoms with E-state index in [2.05, 4.69) is 20.5 Å². The molecule has 0 radical (unpaired) electrons. The molecule has 8 heteroatoms. The van der Waals surface area contributed by atoms with Crippen molar-refractivity contribution >= 4 is 17.1 Å². The number of rotatable bonds is 7. The molecule has 0 aliphatic heterocycles. The molecule has 0 aliphatic carbocycles. The Labute approximate surface area is 161 Å². The first-order valence-corrected chi connectivity index (χ1v) is 8.47. The average molecular weight is 375 g/mol. The van der Waals surface area contributed by atoms with Crippen LogP contribution in [-0.4, -0.2) is 10.0 Å². The summed E-state index contributed by atoms with van der Waals surface area (Å²) in [6.45, 7) is -0.143. The Balaban J connectivity index is 1.87. The van der Waals surface area contributed by atoms with Crippen molar-refractivity contribution in [2.45, 2.75) is 12.8 Å². The largest absolute Gasteiger partial charge is 0.392 e. The van der Waals surface area contributed by atoms with Crippen molar-refractivity contribution in [1.29, 1.82) is 0 Å². The summed E-state index contributed by atoms with van der Waals surface area (Å²) in [5, 5.41) is 37.0. The molecule has 0 aromatic heterocycles. The van der Waals surface area contributed by atoms with Crippen LogP contribution in [0.3, 0.4) is 0 Å². The zero-order chi connectivity index (χ0) is 19.8. The van der Waals surface area contributed by atoms with E-state index in [4.69, 9.17) is 0 Å². The third-order valence-electron chi connectivity index (χ3n) is 3.88. The first kappa shape index (κ1) is 19.0. The van der Waals surface area contributed by atoms with Gasteiger partial charge in [-0.25, -0.2) is 0 Å². The first-order valence-electron chi connectivity index (χ1n) is 8.47. The number of benzene rings is 3. The number of azo groups is 2. The van der Waals surface area contributed by atoms with Gasteiger partial charge in [-0.05, 0) is 18.2 Å². The number of non-ortho nitro benzene ring substituents is 1. The Bertz CT molecular complexity index is 988. The molecule has 140 valence electrons. The van der Waals surface area contributed by atoms with Crippen molar-refractivity contribution in [1.82, 2.24) is 0 Å². The quantitative estimate of drug-likeness (QED) is 0.327. The summed E-state index contributed by atoms with van der Waals surface area (Å²) in [6.07, 6.45) is -0.692. The van der Waals surface area contributed by atoms with E-state index < -0.39 is 11.1 Å². The summed E-state index contributed by atoms with van der Waals surface area (Å²) in [5.41, 5.74) is 2.46. The number of nitro groups is 1. The van der Waals surface area contributed by atoms with Crippen molar-refractivity contribution in [2.75, 3.05) is 0 Å². The van der Waals surface area contributed by atoms with Gasteiger partial charge < -0.3 is 5.11 Å². The Morgan fingerprint density at radius 1 is 0.857 bits per heavy atom. The molecular formula is C20H17N5O3. The third-order valence-corrected chi connectivity index (χ3v) is 3.88. The number of aliphatic hydroxyl groups is 1. The fourth-order valence-corrected chi connectivity index (χ4v) is 2.40. The first-order chi connectivity index (χ1) is 13.7. The molecule has 1 unspecified atom stereocenters. The van der Waals surface area contributed by atoms with Crippen molar-refractivity contribution in [3.63, 3.8) is 0 Å². The molecule has 3 aromatic carbocycles. The average Bonchev–Trinajstić information content (AvgIpc) is 2.75. The van der Waals surface area contributed by atoms with Crippen molar-refractivity contribution in [3.8, 4) is 0 Å². The fourth-order valence-electron chi connectivity index (χ4n) is 2.40. The Morgan fingerprint density at radius 3 is 2.18 bits per heavy atom. The lowest BCUT2D eigenvalue weighted by molar-refractivity contribution is -0.384. The SMILES string of the molecule is O=[N+]([O-])c1ccc(N=NC(N=Nc2ccccc2CO)c2ccccc2)cc1. The molecule has 8 nitrogen and oxygen atoms in total. The van der Waals surface area contributed by atoms with Gasteiger partial charge in [0.1, 0.15) is 0 Å². The molecule has 0 heterocycles. The van der Waals surface area contributed by atoms with Crippen LogP contribution in [0.2, 0.25) is 0 Å². The minimum absolute atomic E-state index is 0.0149. The van der Waals surface area contributed by atoms with Gasteiger partial charge in [0.2, 0.25) is 6.17 Å². The van der Waals surface area contributed by atoms with Crippen molar-refractivity contribution < 1.29 is 10.0 Å². The standard InChI is InChI=1S/C20H17N5O3/c26-14-16-8-4-5-9-19(16)22-24-20(15-6-2-1-3-7-15)23-21-17-10-12-18(13-11-17)25(27)28/h1-13,20,26H,14H2.